The minimum atomic E-state index is -0.0307. The lowest BCUT2D eigenvalue weighted by Gasteiger charge is -2.05. The molecule has 0 unspecified atom stereocenters. The lowest BCUT2D eigenvalue weighted by molar-refractivity contribution is 0.103. The molecule has 2 aromatic heterocycles. The molecule has 5 rings (SSSR count). The van der Waals surface area contributed by atoms with Gasteiger partial charge in [0.15, 0.2) is 0 Å². The number of ketones is 1. The third kappa shape index (κ3) is 4.19. The van der Waals surface area contributed by atoms with Crippen molar-refractivity contribution in [3.8, 4) is 0 Å². The lowest BCUT2D eigenvalue weighted by Crippen LogP contribution is -2.04. The van der Waals surface area contributed by atoms with Gasteiger partial charge in [-0.15, -0.1) is 0 Å². The van der Waals surface area contributed by atoms with Gasteiger partial charge in [0.2, 0.25) is 5.78 Å². The predicted molar refractivity (Wildman–Crippen MR) is 118 cm³/mol. The Kier molecular flexibility index (Phi) is 5.39. The van der Waals surface area contributed by atoms with E-state index in [0.29, 0.717) is 11.3 Å². The van der Waals surface area contributed by atoms with Crippen LogP contribution in [0.1, 0.15) is 21.6 Å². The number of nitrogens with zero attached hydrogens (tertiary/aromatic N) is 2. The number of rotatable bonds is 2. The van der Waals surface area contributed by atoms with Crippen LogP contribution in [0.25, 0.3) is 21.7 Å². The standard InChI is InChI=1S/C17H13NO.C9H7N/c1-12-6-8-14(9-7-12)17(19)16-15-5-3-2-4-13(15)10-11-18-16;1-2-6-9-8(4-1)5-3-7-10-9/h2-11H,1H3;1-7H. The number of fused-ring (bicyclic) bond motifs is 2. The van der Waals surface area contributed by atoms with Crippen LogP contribution in [0.4, 0.5) is 0 Å². The topological polar surface area (TPSA) is 42.9 Å². The summed E-state index contributed by atoms with van der Waals surface area (Å²) in [6.07, 6.45) is 3.49. The number of para-hydroxylation sites is 1. The van der Waals surface area contributed by atoms with Crippen molar-refractivity contribution in [2.75, 3.05) is 0 Å². The van der Waals surface area contributed by atoms with E-state index >= 15 is 0 Å². The van der Waals surface area contributed by atoms with Gasteiger partial charge in [-0.05, 0) is 30.5 Å². The summed E-state index contributed by atoms with van der Waals surface area (Å²) in [4.78, 5) is 20.9. The van der Waals surface area contributed by atoms with E-state index in [1.54, 1.807) is 6.20 Å². The van der Waals surface area contributed by atoms with Crippen molar-refractivity contribution >= 4 is 27.5 Å². The summed E-state index contributed by atoms with van der Waals surface area (Å²) in [5.41, 5.74) is 3.39. The average Bonchev–Trinajstić information content (AvgIpc) is 2.79. The van der Waals surface area contributed by atoms with Crippen LogP contribution in [0.2, 0.25) is 0 Å². The molecule has 3 heteroatoms. The van der Waals surface area contributed by atoms with Crippen molar-refractivity contribution in [2.24, 2.45) is 0 Å². The zero-order chi connectivity index (χ0) is 20.1. The van der Waals surface area contributed by atoms with Gasteiger partial charge in [0.25, 0.3) is 0 Å². The number of aryl methyl sites for hydroxylation is 1. The summed E-state index contributed by atoms with van der Waals surface area (Å²) in [6.45, 7) is 2.00. The van der Waals surface area contributed by atoms with Crippen molar-refractivity contribution in [2.45, 2.75) is 6.92 Å². The van der Waals surface area contributed by atoms with Crippen LogP contribution < -0.4 is 0 Å². The highest BCUT2D eigenvalue weighted by Gasteiger charge is 2.13. The Morgan fingerprint density at radius 1 is 0.655 bits per heavy atom. The number of carbonyl (C=O) groups is 1. The Bertz CT molecular complexity index is 1210. The number of hydrogen-bond acceptors (Lipinski definition) is 3. The summed E-state index contributed by atoms with van der Waals surface area (Å²) in [7, 11) is 0. The van der Waals surface area contributed by atoms with Crippen LogP contribution in [0.15, 0.2) is 103 Å². The monoisotopic (exact) mass is 376 g/mol. The molecule has 0 bridgehead atoms. The van der Waals surface area contributed by atoms with Crippen LogP contribution in [0.5, 0.6) is 0 Å². The fraction of sp³-hybridized carbons (Fsp3) is 0.0385. The first-order chi connectivity index (χ1) is 14.2. The summed E-state index contributed by atoms with van der Waals surface area (Å²) in [6, 6.07) is 29.4. The molecule has 29 heavy (non-hydrogen) atoms. The normalized spacial score (nSPS) is 10.4. The molecular formula is C26H20N2O. The molecule has 0 fully saturated rings. The van der Waals surface area contributed by atoms with Crippen molar-refractivity contribution in [1.29, 1.82) is 0 Å². The predicted octanol–water partition coefficient (Wildman–Crippen LogP) is 6.01. The Balaban J connectivity index is 0.000000171. The number of hydrogen-bond donors (Lipinski definition) is 0. The molecule has 2 heterocycles. The van der Waals surface area contributed by atoms with Gasteiger partial charge in [-0.25, -0.2) is 0 Å². The molecule has 3 nitrogen and oxygen atoms in total. The number of carbonyl (C=O) groups excluding carboxylic acids is 1. The Morgan fingerprint density at radius 2 is 1.34 bits per heavy atom. The highest BCUT2D eigenvalue weighted by atomic mass is 16.1. The summed E-state index contributed by atoms with van der Waals surface area (Å²) >= 11 is 0. The molecule has 0 saturated carbocycles. The zero-order valence-electron chi connectivity index (χ0n) is 16.1. The first kappa shape index (κ1) is 18.5. The number of aromatic nitrogens is 2. The maximum Gasteiger partial charge on any atom is 0.211 e. The van der Waals surface area contributed by atoms with Gasteiger partial charge in [0.1, 0.15) is 5.69 Å². The van der Waals surface area contributed by atoms with Gasteiger partial charge in [0.05, 0.1) is 5.52 Å². The first-order valence-corrected chi connectivity index (χ1v) is 9.47. The summed E-state index contributed by atoms with van der Waals surface area (Å²) in [5, 5.41) is 3.13. The average molecular weight is 376 g/mol. The largest absolute Gasteiger partial charge is 0.287 e. The molecule has 0 spiro atoms. The van der Waals surface area contributed by atoms with Gasteiger partial charge in [-0.3, -0.25) is 14.8 Å². The van der Waals surface area contributed by atoms with Gasteiger partial charge in [0, 0.05) is 28.7 Å². The number of pyridine rings is 2. The van der Waals surface area contributed by atoms with Crippen molar-refractivity contribution < 1.29 is 4.79 Å². The minimum absolute atomic E-state index is 0.0307. The molecular weight excluding hydrogens is 356 g/mol. The third-order valence-corrected chi connectivity index (χ3v) is 4.71. The molecule has 0 atom stereocenters. The molecule has 0 radical (unpaired) electrons. The fourth-order valence-corrected chi connectivity index (χ4v) is 3.16. The maximum atomic E-state index is 12.5. The van der Waals surface area contributed by atoms with E-state index < -0.39 is 0 Å². The van der Waals surface area contributed by atoms with Crippen LogP contribution >= 0.6 is 0 Å². The van der Waals surface area contributed by atoms with Crippen LogP contribution in [-0.4, -0.2) is 15.8 Å². The lowest BCUT2D eigenvalue weighted by atomic mass is 10.0. The highest BCUT2D eigenvalue weighted by Crippen LogP contribution is 2.19. The Morgan fingerprint density at radius 3 is 2.14 bits per heavy atom. The van der Waals surface area contributed by atoms with Gasteiger partial charge in [-0.2, -0.15) is 0 Å². The third-order valence-electron chi connectivity index (χ3n) is 4.71. The van der Waals surface area contributed by atoms with Gasteiger partial charge < -0.3 is 0 Å². The van der Waals surface area contributed by atoms with Crippen molar-refractivity contribution in [1.82, 2.24) is 9.97 Å². The molecule has 0 amide bonds. The molecule has 140 valence electrons. The van der Waals surface area contributed by atoms with Gasteiger partial charge in [-0.1, -0.05) is 78.4 Å². The van der Waals surface area contributed by atoms with Gasteiger partial charge >= 0.3 is 0 Å². The molecule has 0 N–H and O–H groups in total. The highest BCUT2D eigenvalue weighted by molar-refractivity contribution is 6.14. The summed E-state index contributed by atoms with van der Waals surface area (Å²) < 4.78 is 0. The second-order valence-electron chi connectivity index (χ2n) is 6.77. The maximum absolute atomic E-state index is 12.5. The van der Waals surface area contributed by atoms with E-state index in [2.05, 4.69) is 22.1 Å². The second-order valence-corrected chi connectivity index (χ2v) is 6.77. The quantitative estimate of drug-likeness (QED) is 0.354. The van der Waals surface area contributed by atoms with E-state index in [1.165, 1.54) is 5.39 Å². The molecule has 5 aromatic rings. The van der Waals surface area contributed by atoms with Crippen LogP contribution in [-0.2, 0) is 0 Å². The zero-order valence-corrected chi connectivity index (χ0v) is 16.1. The SMILES string of the molecule is Cc1ccc(C(=O)c2nccc3ccccc23)cc1.c1ccc2ncccc2c1. The molecule has 3 aromatic carbocycles. The Labute approximate surface area is 169 Å². The van der Waals surface area contributed by atoms with E-state index in [0.717, 1.165) is 21.9 Å². The van der Waals surface area contributed by atoms with Crippen LogP contribution in [0.3, 0.4) is 0 Å². The Hall–Kier alpha value is -3.85. The van der Waals surface area contributed by atoms with Crippen molar-refractivity contribution in [3.05, 3.63) is 120 Å². The van der Waals surface area contributed by atoms with E-state index in [-0.39, 0.29) is 5.78 Å². The summed E-state index contributed by atoms with van der Waals surface area (Å²) in [5.74, 6) is -0.0307. The smallest absolute Gasteiger partial charge is 0.211 e. The molecule has 0 aliphatic carbocycles. The first-order valence-electron chi connectivity index (χ1n) is 9.47. The second kappa shape index (κ2) is 8.44. The van der Waals surface area contributed by atoms with E-state index in [1.807, 2.05) is 92.0 Å². The van der Waals surface area contributed by atoms with Crippen molar-refractivity contribution in [3.63, 3.8) is 0 Å². The fourth-order valence-electron chi connectivity index (χ4n) is 3.16. The number of benzene rings is 3. The van der Waals surface area contributed by atoms with E-state index in [4.69, 9.17) is 0 Å². The molecule has 0 saturated heterocycles. The van der Waals surface area contributed by atoms with Crippen LogP contribution in [0, 0.1) is 6.92 Å². The van der Waals surface area contributed by atoms with E-state index in [9.17, 15) is 4.79 Å². The molecule has 0 aliphatic rings. The minimum Gasteiger partial charge on any atom is -0.287 e. The molecule has 0 aliphatic heterocycles.